The van der Waals surface area contributed by atoms with E-state index in [0.29, 0.717) is 37.2 Å². The van der Waals surface area contributed by atoms with E-state index in [4.69, 9.17) is 0 Å². The highest BCUT2D eigenvalue weighted by Crippen LogP contribution is 2.33. The zero-order valence-corrected chi connectivity index (χ0v) is 12.5. The van der Waals surface area contributed by atoms with Gasteiger partial charge in [-0.15, -0.1) is 0 Å². The molecule has 1 aromatic rings. The molecule has 2 N–H and O–H groups in total. The second kappa shape index (κ2) is 5.99. The zero-order chi connectivity index (χ0) is 15.6. The van der Waals surface area contributed by atoms with E-state index in [2.05, 4.69) is 0 Å². The maximum absolute atomic E-state index is 11.3. The van der Waals surface area contributed by atoms with Crippen LogP contribution in [0.25, 0.3) is 0 Å². The average molecular weight is 294 g/mol. The zero-order valence-electron chi connectivity index (χ0n) is 12.5. The lowest BCUT2D eigenvalue weighted by molar-refractivity contribution is -0.384. The quantitative estimate of drug-likeness (QED) is 0.660. The summed E-state index contributed by atoms with van der Waals surface area (Å²) in [6.07, 6.45) is 1.34. The molecule has 0 radical (unpaired) electrons. The summed E-state index contributed by atoms with van der Waals surface area (Å²) in [7, 11) is 0. The first-order valence-corrected chi connectivity index (χ1v) is 7.24. The lowest BCUT2D eigenvalue weighted by Gasteiger charge is -2.24. The normalized spacial score (nSPS) is 24.5. The highest BCUT2D eigenvalue weighted by atomic mass is 16.6. The minimum absolute atomic E-state index is 0.00921. The highest BCUT2D eigenvalue weighted by Gasteiger charge is 2.28. The Balaban J connectivity index is 2.32. The Labute approximate surface area is 124 Å². The van der Waals surface area contributed by atoms with Gasteiger partial charge >= 0.3 is 0 Å². The van der Waals surface area contributed by atoms with Crippen molar-refractivity contribution in [3.05, 3.63) is 33.9 Å². The van der Waals surface area contributed by atoms with Crippen molar-refractivity contribution in [3.8, 4) is 0 Å². The second-order valence-corrected chi connectivity index (χ2v) is 6.02. The summed E-state index contributed by atoms with van der Waals surface area (Å²) in [6.45, 7) is 4.66. The predicted molar refractivity (Wildman–Crippen MR) is 80.4 cm³/mol. The third-order valence-corrected chi connectivity index (χ3v) is 4.08. The van der Waals surface area contributed by atoms with Gasteiger partial charge in [-0.1, -0.05) is 6.07 Å². The summed E-state index contributed by atoms with van der Waals surface area (Å²) in [5.41, 5.74) is 0.396. The van der Waals surface area contributed by atoms with Gasteiger partial charge in [0.25, 0.3) is 5.69 Å². The molecule has 0 aliphatic carbocycles. The summed E-state index contributed by atoms with van der Waals surface area (Å²) in [6, 6.07) is 4.85. The van der Waals surface area contributed by atoms with E-state index >= 15 is 0 Å². The molecule has 0 amide bonds. The number of nitrogens with zero attached hydrogens (tertiary/aromatic N) is 2. The number of rotatable bonds is 3. The number of anilines is 1. The lowest BCUT2D eigenvalue weighted by Crippen LogP contribution is -2.28. The summed E-state index contributed by atoms with van der Waals surface area (Å²) in [4.78, 5) is 12.8. The van der Waals surface area contributed by atoms with Crippen molar-refractivity contribution in [2.75, 3.05) is 18.0 Å². The summed E-state index contributed by atoms with van der Waals surface area (Å²) < 4.78 is 0. The van der Waals surface area contributed by atoms with Crippen LogP contribution in [-0.2, 0) is 0 Å². The van der Waals surface area contributed by atoms with Crippen LogP contribution in [-0.4, -0.2) is 33.8 Å². The molecule has 116 valence electrons. The smallest absolute Gasteiger partial charge is 0.292 e. The van der Waals surface area contributed by atoms with Crippen LogP contribution in [0.3, 0.4) is 0 Å². The van der Waals surface area contributed by atoms with E-state index in [1.807, 2.05) is 4.90 Å². The fraction of sp³-hybridized carbons (Fsp3) is 0.600. The van der Waals surface area contributed by atoms with Gasteiger partial charge in [-0.2, -0.15) is 0 Å². The van der Waals surface area contributed by atoms with Crippen LogP contribution in [0.15, 0.2) is 18.2 Å². The molecule has 1 aromatic carbocycles. The van der Waals surface area contributed by atoms with Crippen LogP contribution in [0.2, 0.25) is 0 Å². The maximum atomic E-state index is 11.3. The second-order valence-electron chi connectivity index (χ2n) is 6.02. The van der Waals surface area contributed by atoms with E-state index in [1.54, 1.807) is 26.0 Å². The van der Waals surface area contributed by atoms with Crippen molar-refractivity contribution in [2.24, 2.45) is 0 Å². The Bertz CT molecular complexity index is 528. The van der Waals surface area contributed by atoms with E-state index < -0.39 is 16.6 Å². The van der Waals surface area contributed by atoms with Crippen LogP contribution < -0.4 is 4.90 Å². The van der Waals surface area contributed by atoms with E-state index in [9.17, 15) is 20.3 Å². The Morgan fingerprint density at radius 1 is 1.38 bits per heavy atom. The molecule has 1 fully saturated rings. The Kier molecular flexibility index (Phi) is 4.49. The number of nitro benzene ring substituents is 1. The summed E-state index contributed by atoms with van der Waals surface area (Å²) >= 11 is 0. The topological polar surface area (TPSA) is 86.8 Å². The first-order valence-electron chi connectivity index (χ1n) is 7.24. The minimum atomic E-state index is -0.734. The third kappa shape index (κ3) is 3.71. The lowest BCUT2D eigenvalue weighted by atomic mass is 9.98. The molecule has 0 saturated carbocycles. The number of aliphatic hydroxyl groups excluding tert-OH is 1. The molecule has 0 aromatic heterocycles. The fourth-order valence-electron chi connectivity index (χ4n) is 2.72. The Morgan fingerprint density at radius 2 is 2.10 bits per heavy atom. The van der Waals surface area contributed by atoms with Crippen molar-refractivity contribution in [1.29, 1.82) is 0 Å². The molecule has 1 unspecified atom stereocenters. The van der Waals surface area contributed by atoms with Gasteiger partial charge in [-0.05, 0) is 44.7 Å². The molecule has 1 aliphatic rings. The molecular weight excluding hydrogens is 272 g/mol. The number of hydrogen-bond acceptors (Lipinski definition) is 5. The van der Waals surface area contributed by atoms with Crippen LogP contribution >= 0.6 is 0 Å². The van der Waals surface area contributed by atoms with E-state index in [0.717, 1.165) is 6.42 Å². The summed E-state index contributed by atoms with van der Waals surface area (Å²) in [5, 5.41) is 31.0. The van der Waals surface area contributed by atoms with Crippen molar-refractivity contribution in [1.82, 2.24) is 0 Å². The fourth-order valence-corrected chi connectivity index (χ4v) is 2.72. The average Bonchev–Trinajstić information content (AvgIpc) is 2.59. The van der Waals surface area contributed by atoms with Gasteiger partial charge in [0, 0.05) is 19.2 Å². The minimum Gasteiger partial charge on any atom is -0.390 e. The Hall–Kier alpha value is -1.66. The van der Waals surface area contributed by atoms with Gasteiger partial charge in [0.15, 0.2) is 0 Å². The molecule has 6 nitrogen and oxygen atoms in total. The van der Waals surface area contributed by atoms with Gasteiger partial charge in [-0.3, -0.25) is 10.1 Å². The van der Waals surface area contributed by atoms with Gasteiger partial charge in [-0.25, -0.2) is 0 Å². The van der Waals surface area contributed by atoms with E-state index in [-0.39, 0.29) is 5.69 Å². The molecule has 2 rings (SSSR count). The molecule has 1 aliphatic heterocycles. The monoisotopic (exact) mass is 294 g/mol. The molecular formula is C15H22N2O4. The van der Waals surface area contributed by atoms with Crippen molar-refractivity contribution in [2.45, 2.75) is 44.8 Å². The predicted octanol–water partition coefficient (Wildman–Crippen LogP) is 2.39. The number of nitro groups is 1. The Morgan fingerprint density at radius 3 is 2.71 bits per heavy atom. The van der Waals surface area contributed by atoms with Crippen LogP contribution in [0.4, 0.5) is 11.4 Å². The van der Waals surface area contributed by atoms with Gasteiger partial charge in [0.05, 0.1) is 16.6 Å². The highest BCUT2D eigenvalue weighted by molar-refractivity contribution is 5.64. The molecule has 21 heavy (non-hydrogen) atoms. The molecule has 0 bridgehead atoms. The molecule has 2 atom stereocenters. The van der Waals surface area contributed by atoms with Crippen LogP contribution in [0, 0.1) is 10.1 Å². The SMILES string of the molecule is C[C@H](O)c1ccc(N2CCCC(C)(O)CC2)c([N+](=O)[O-])c1. The largest absolute Gasteiger partial charge is 0.390 e. The molecule has 1 heterocycles. The standard InChI is InChI=1S/C15H22N2O4/c1-11(18)12-4-5-13(14(10-12)17(20)21)16-8-3-6-15(2,19)7-9-16/h4-5,10-11,18-19H,3,6-9H2,1-2H3/t11-,15?/m0/s1. The molecule has 6 heteroatoms. The van der Waals surface area contributed by atoms with Gasteiger partial charge in [0.2, 0.25) is 0 Å². The van der Waals surface area contributed by atoms with Gasteiger partial charge in [0.1, 0.15) is 5.69 Å². The maximum Gasteiger partial charge on any atom is 0.292 e. The number of benzene rings is 1. The van der Waals surface area contributed by atoms with Crippen molar-refractivity contribution >= 4 is 11.4 Å². The number of aliphatic hydroxyl groups is 2. The van der Waals surface area contributed by atoms with Crippen LogP contribution in [0.5, 0.6) is 0 Å². The first kappa shape index (κ1) is 15.7. The van der Waals surface area contributed by atoms with Crippen LogP contribution in [0.1, 0.15) is 44.8 Å². The molecule has 0 spiro atoms. The third-order valence-electron chi connectivity index (χ3n) is 4.08. The molecule has 1 saturated heterocycles. The first-order chi connectivity index (χ1) is 9.80. The van der Waals surface area contributed by atoms with Gasteiger partial charge < -0.3 is 15.1 Å². The summed E-state index contributed by atoms with van der Waals surface area (Å²) in [5.74, 6) is 0. The van der Waals surface area contributed by atoms with E-state index in [1.165, 1.54) is 6.07 Å². The van der Waals surface area contributed by atoms with Crippen molar-refractivity contribution in [3.63, 3.8) is 0 Å². The number of hydrogen-bond donors (Lipinski definition) is 2. The van der Waals surface area contributed by atoms with Crippen molar-refractivity contribution < 1.29 is 15.1 Å².